The number of amides is 1. The van der Waals surface area contributed by atoms with Crippen molar-refractivity contribution in [2.24, 2.45) is 5.73 Å². The van der Waals surface area contributed by atoms with Crippen LogP contribution in [0.2, 0.25) is 0 Å². The molecule has 0 saturated carbocycles. The Morgan fingerprint density at radius 1 is 1.24 bits per heavy atom. The molecular formula is C22H29FN2O4. The fraction of sp³-hybridized carbons (Fsp3) is 0.455. The first kappa shape index (κ1) is 22.6. The van der Waals surface area contributed by atoms with E-state index in [1.807, 2.05) is 51.1 Å². The third-order valence-electron chi connectivity index (χ3n) is 4.58. The predicted octanol–water partition coefficient (Wildman–Crippen LogP) is 2.75. The zero-order valence-corrected chi connectivity index (χ0v) is 17.4. The van der Waals surface area contributed by atoms with E-state index in [1.54, 1.807) is 13.0 Å². The van der Waals surface area contributed by atoms with Gasteiger partial charge in [0.1, 0.15) is 0 Å². The summed E-state index contributed by atoms with van der Waals surface area (Å²) in [4.78, 5) is 24.9. The maximum absolute atomic E-state index is 15.5. The molecule has 0 radical (unpaired) electrons. The molecule has 1 aliphatic carbocycles. The Morgan fingerprint density at radius 3 is 2.38 bits per heavy atom. The summed E-state index contributed by atoms with van der Waals surface area (Å²) in [6.07, 6.45) is 3.45. The smallest absolute Gasteiger partial charge is 0.331 e. The van der Waals surface area contributed by atoms with Gasteiger partial charge >= 0.3 is 5.97 Å². The van der Waals surface area contributed by atoms with Crippen LogP contribution in [0.15, 0.2) is 54.3 Å². The van der Waals surface area contributed by atoms with E-state index in [0.29, 0.717) is 0 Å². The third-order valence-corrected chi connectivity index (χ3v) is 4.58. The molecule has 158 valence electrons. The Hall–Kier alpha value is -2.67. The Kier molecular flexibility index (Phi) is 6.85. The molecule has 1 aromatic carbocycles. The normalized spacial score (nSPS) is 23.7. The average Bonchev–Trinajstić information content (AvgIpc) is 2.66. The molecule has 3 unspecified atom stereocenters. The van der Waals surface area contributed by atoms with Crippen molar-refractivity contribution in [1.29, 1.82) is 0 Å². The monoisotopic (exact) mass is 404 g/mol. The van der Waals surface area contributed by atoms with E-state index < -0.39 is 35.3 Å². The van der Waals surface area contributed by atoms with Crippen LogP contribution in [-0.2, 0) is 19.1 Å². The number of halogens is 1. The highest BCUT2D eigenvalue weighted by Gasteiger charge is 2.44. The second-order valence-electron chi connectivity index (χ2n) is 8.04. The number of rotatable bonds is 6. The number of carbonyl (C=O) groups is 2. The van der Waals surface area contributed by atoms with Crippen LogP contribution in [0.3, 0.4) is 0 Å². The van der Waals surface area contributed by atoms with Crippen LogP contribution >= 0.6 is 0 Å². The molecule has 4 atom stereocenters. The van der Waals surface area contributed by atoms with Crippen molar-refractivity contribution in [2.45, 2.75) is 57.0 Å². The van der Waals surface area contributed by atoms with Crippen molar-refractivity contribution in [2.75, 3.05) is 7.11 Å². The quantitative estimate of drug-likeness (QED) is 0.562. The lowest BCUT2D eigenvalue weighted by Gasteiger charge is -2.32. The molecule has 0 spiro atoms. The van der Waals surface area contributed by atoms with E-state index >= 15 is 4.39 Å². The Morgan fingerprint density at radius 2 is 1.86 bits per heavy atom. The fourth-order valence-electron chi connectivity index (χ4n) is 3.16. The van der Waals surface area contributed by atoms with Crippen molar-refractivity contribution < 1.29 is 23.5 Å². The number of ether oxygens (including phenoxy) is 2. The lowest BCUT2D eigenvalue weighted by atomic mass is 9.86. The number of nitrogens with one attached hydrogen (secondary N) is 1. The van der Waals surface area contributed by atoms with Gasteiger partial charge in [-0.2, -0.15) is 0 Å². The van der Waals surface area contributed by atoms with E-state index in [2.05, 4.69) is 5.32 Å². The van der Waals surface area contributed by atoms with Gasteiger partial charge in [0.05, 0.1) is 24.5 Å². The number of alkyl halides is 1. The zero-order valence-electron chi connectivity index (χ0n) is 17.4. The van der Waals surface area contributed by atoms with E-state index in [0.717, 1.165) is 11.6 Å². The molecule has 7 heteroatoms. The molecule has 0 aliphatic heterocycles. The SMILES string of the molecule is COC(=O)[C@@H](NC(=O)C1(F)C=CC(c2ccccc2)C=C1N)C(C)OC(C)(C)C. The van der Waals surface area contributed by atoms with Crippen molar-refractivity contribution in [1.82, 2.24) is 5.32 Å². The van der Waals surface area contributed by atoms with Crippen LogP contribution in [0.25, 0.3) is 0 Å². The van der Waals surface area contributed by atoms with Crippen molar-refractivity contribution >= 4 is 11.9 Å². The Labute approximate surface area is 170 Å². The number of carbonyl (C=O) groups excluding carboxylic acids is 2. The highest BCUT2D eigenvalue weighted by molar-refractivity contribution is 5.94. The summed E-state index contributed by atoms with van der Waals surface area (Å²) in [6.45, 7) is 7.04. The van der Waals surface area contributed by atoms with Gasteiger partial charge in [0.2, 0.25) is 5.67 Å². The van der Waals surface area contributed by atoms with Crippen molar-refractivity contribution in [3.05, 3.63) is 59.8 Å². The van der Waals surface area contributed by atoms with Crippen molar-refractivity contribution in [3.63, 3.8) is 0 Å². The van der Waals surface area contributed by atoms with Crippen molar-refractivity contribution in [3.8, 4) is 0 Å². The second kappa shape index (κ2) is 8.78. The molecule has 0 fully saturated rings. The van der Waals surface area contributed by atoms with Gasteiger partial charge in [-0.3, -0.25) is 4.79 Å². The van der Waals surface area contributed by atoms with Crippen LogP contribution in [0.5, 0.6) is 0 Å². The lowest BCUT2D eigenvalue weighted by molar-refractivity contribution is -0.154. The highest BCUT2D eigenvalue weighted by atomic mass is 19.1. The summed E-state index contributed by atoms with van der Waals surface area (Å²) < 4.78 is 26.0. The Balaban J connectivity index is 2.21. The molecule has 2 rings (SSSR count). The van der Waals surface area contributed by atoms with Gasteiger partial charge in [0.15, 0.2) is 6.04 Å². The number of hydrogen-bond acceptors (Lipinski definition) is 5. The number of methoxy groups -OCH3 is 1. The first-order valence-corrected chi connectivity index (χ1v) is 9.45. The largest absolute Gasteiger partial charge is 0.467 e. The summed E-state index contributed by atoms with van der Waals surface area (Å²) in [7, 11) is 1.19. The molecular weight excluding hydrogens is 375 g/mol. The number of hydrogen-bond donors (Lipinski definition) is 2. The van der Waals surface area contributed by atoms with E-state index in [1.165, 1.54) is 13.2 Å². The van der Waals surface area contributed by atoms with Gasteiger partial charge in [0, 0.05) is 5.92 Å². The summed E-state index contributed by atoms with van der Waals surface area (Å²) in [6, 6.07) is 8.21. The second-order valence-corrected chi connectivity index (χ2v) is 8.04. The van der Waals surface area contributed by atoms with Gasteiger partial charge < -0.3 is 20.5 Å². The molecule has 6 nitrogen and oxygen atoms in total. The molecule has 1 amide bonds. The number of esters is 1. The minimum Gasteiger partial charge on any atom is -0.467 e. The first-order chi connectivity index (χ1) is 13.5. The molecule has 29 heavy (non-hydrogen) atoms. The van der Waals surface area contributed by atoms with Gasteiger partial charge in [-0.15, -0.1) is 0 Å². The summed E-state index contributed by atoms with van der Waals surface area (Å²) in [5, 5.41) is 2.40. The summed E-state index contributed by atoms with van der Waals surface area (Å²) in [5.74, 6) is -2.02. The van der Waals surface area contributed by atoms with Gasteiger partial charge in [-0.25, -0.2) is 9.18 Å². The lowest BCUT2D eigenvalue weighted by Crippen LogP contribution is -2.56. The van der Waals surface area contributed by atoms with E-state index in [9.17, 15) is 9.59 Å². The molecule has 0 heterocycles. The van der Waals surface area contributed by atoms with Gasteiger partial charge in [-0.1, -0.05) is 42.5 Å². The van der Waals surface area contributed by atoms with Gasteiger partial charge in [0.25, 0.3) is 5.91 Å². The topological polar surface area (TPSA) is 90.7 Å². The van der Waals surface area contributed by atoms with E-state index in [-0.39, 0.29) is 11.6 Å². The minimum atomic E-state index is -2.57. The summed E-state index contributed by atoms with van der Waals surface area (Å²) in [5.41, 5.74) is 3.48. The predicted molar refractivity (Wildman–Crippen MR) is 109 cm³/mol. The van der Waals surface area contributed by atoms with Crippen LogP contribution < -0.4 is 11.1 Å². The highest BCUT2D eigenvalue weighted by Crippen LogP contribution is 2.32. The number of benzene rings is 1. The number of nitrogens with two attached hydrogens (primary N) is 1. The van der Waals surface area contributed by atoms with Gasteiger partial charge in [-0.05, 0) is 39.3 Å². The molecule has 3 N–H and O–H groups in total. The van der Waals surface area contributed by atoms with Crippen LogP contribution in [0.1, 0.15) is 39.2 Å². The standard InChI is InChI=1S/C22H29FN2O4/c1-14(29-21(2,3)4)18(19(26)28-5)25-20(27)22(23)12-11-16(13-17(22)24)15-9-7-6-8-10-15/h6-14,16,18H,24H2,1-5H3,(H,25,27)/t14?,16?,18-,22?/m0/s1. The fourth-order valence-corrected chi connectivity index (χ4v) is 3.16. The first-order valence-electron chi connectivity index (χ1n) is 9.45. The van der Waals surface area contributed by atoms with Crippen LogP contribution in [0, 0.1) is 0 Å². The maximum atomic E-state index is 15.5. The third kappa shape index (κ3) is 5.44. The van der Waals surface area contributed by atoms with E-state index in [4.69, 9.17) is 15.2 Å². The molecule has 0 bridgehead atoms. The molecule has 0 saturated heterocycles. The van der Waals surface area contributed by atoms with Crippen LogP contribution in [-0.4, -0.2) is 42.4 Å². The minimum absolute atomic E-state index is 0.237. The average molecular weight is 404 g/mol. The molecule has 0 aromatic heterocycles. The number of allylic oxidation sites excluding steroid dienone is 2. The summed E-state index contributed by atoms with van der Waals surface area (Å²) >= 11 is 0. The molecule has 1 aromatic rings. The zero-order chi connectivity index (χ0) is 21.8. The molecule has 1 aliphatic rings. The Bertz CT molecular complexity index is 801. The van der Waals surface area contributed by atoms with Crippen LogP contribution in [0.4, 0.5) is 4.39 Å². The maximum Gasteiger partial charge on any atom is 0.331 e.